The summed E-state index contributed by atoms with van der Waals surface area (Å²) in [4.78, 5) is 22.5. The molecule has 13 heavy (non-hydrogen) atoms. The zero-order valence-electron chi connectivity index (χ0n) is 7.61. The summed E-state index contributed by atoms with van der Waals surface area (Å²) in [6, 6.07) is 0. The van der Waals surface area contributed by atoms with Gasteiger partial charge in [-0.25, -0.2) is 0 Å². The molecule has 5 heteroatoms. The summed E-state index contributed by atoms with van der Waals surface area (Å²) in [7, 11) is 2.85. The Hall–Kier alpha value is -0.550. The molecule has 1 aliphatic heterocycles. The van der Waals surface area contributed by atoms with Crippen LogP contribution in [0.1, 0.15) is 0 Å². The molecule has 1 rings (SSSR count). The third-order valence-corrected chi connectivity index (χ3v) is 3.23. The van der Waals surface area contributed by atoms with Crippen LogP contribution < -0.4 is 0 Å². The molecule has 0 aliphatic carbocycles. The Labute approximate surface area is 81.0 Å². The molecule has 0 N–H and O–H groups in total. The van der Waals surface area contributed by atoms with Crippen molar-refractivity contribution in [2.75, 3.05) is 26.6 Å². The molecule has 2 unspecified atom stereocenters. The Bertz CT molecular complexity index is 216. The van der Waals surface area contributed by atoms with E-state index in [0.29, 0.717) is 12.4 Å². The van der Waals surface area contributed by atoms with Gasteiger partial charge in [0.25, 0.3) is 0 Å². The third-order valence-electron chi connectivity index (χ3n) is 1.94. The van der Waals surface area contributed by atoms with Crippen LogP contribution in [0.4, 0.5) is 0 Å². The summed E-state index contributed by atoms with van der Waals surface area (Å²) >= 11 is 1.45. The predicted octanol–water partition coefficient (Wildman–Crippen LogP) is 0.107. The van der Waals surface area contributed by atoms with Crippen molar-refractivity contribution in [3.05, 3.63) is 0 Å². The minimum atomic E-state index is -0.630. The van der Waals surface area contributed by atoms with Gasteiger partial charge in [0.2, 0.25) is 0 Å². The number of Topliss-reactive ketones (excluding diaryl/α,β-unsaturated/α-hetero) is 1. The molecule has 1 fully saturated rings. The summed E-state index contributed by atoms with van der Waals surface area (Å²) < 4.78 is 9.47. The van der Waals surface area contributed by atoms with Crippen molar-refractivity contribution in [1.29, 1.82) is 0 Å². The molecule has 0 bridgehead atoms. The fraction of sp³-hybridized carbons (Fsp3) is 0.750. The lowest BCUT2D eigenvalue weighted by molar-refractivity contribution is -0.148. The Morgan fingerprint density at radius 1 is 1.62 bits per heavy atom. The molecule has 2 atom stereocenters. The lowest BCUT2D eigenvalue weighted by Gasteiger charge is -2.13. The van der Waals surface area contributed by atoms with Crippen LogP contribution in [0.5, 0.6) is 0 Å². The summed E-state index contributed by atoms with van der Waals surface area (Å²) in [5, 5.41) is -0.0788. The van der Waals surface area contributed by atoms with Gasteiger partial charge in [0.05, 0.1) is 19.5 Å². The van der Waals surface area contributed by atoms with Crippen molar-refractivity contribution in [3.63, 3.8) is 0 Å². The summed E-state index contributed by atoms with van der Waals surface area (Å²) in [5.74, 6) is -0.751. The number of ether oxygens (including phenoxy) is 2. The zero-order valence-corrected chi connectivity index (χ0v) is 8.43. The summed E-state index contributed by atoms with van der Waals surface area (Å²) in [6.07, 6.45) is 0. The minimum Gasteiger partial charge on any atom is -0.468 e. The molecule has 0 aromatic heterocycles. The van der Waals surface area contributed by atoms with E-state index in [1.54, 1.807) is 7.11 Å². The fourth-order valence-electron chi connectivity index (χ4n) is 1.30. The minimum absolute atomic E-state index is 0.0566. The number of thioether (sulfide) groups is 1. The van der Waals surface area contributed by atoms with Crippen molar-refractivity contribution in [2.45, 2.75) is 5.25 Å². The van der Waals surface area contributed by atoms with E-state index in [4.69, 9.17) is 4.74 Å². The molecule has 0 amide bonds. The number of ketones is 1. The van der Waals surface area contributed by atoms with Gasteiger partial charge in [-0.3, -0.25) is 9.59 Å². The molecule has 1 aliphatic rings. The van der Waals surface area contributed by atoms with E-state index in [9.17, 15) is 9.59 Å². The molecular formula is C8H12O4S. The Kier molecular flexibility index (Phi) is 3.74. The maximum atomic E-state index is 11.3. The SMILES string of the molecule is COCC1SCC(=O)C1C(=O)OC. The third kappa shape index (κ3) is 2.22. The van der Waals surface area contributed by atoms with Gasteiger partial charge >= 0.3 is 5.97 Å². The van der Waals surface area contributed by atoms with Crippen LogP contribution in [0.3, 0.4) is 0 Å². The van der Waals surface area contributed by atoms with E-state index in [1.807, 2.05) is 0 Å². The second kappa shape index (κ2) is 4.62. The standard InChI is InChI=1S/C8H12O4S/c1-11-3-6-7(8(10)12-2)5(9)4-13-6/h6-7H,3-4H2,1-2H3. The van der Waals surface area contributed by atoms with Crippen molar-refractivity contribution in [3.8, 4) is 0 Å². The predicted molar refractivity (Wildman–Crippen MR) is 48.6 cm³/mol. The molecule has 0 saturated carbocycles. The van der Waals surface area contributed by atoms with Crippen LogP contribution in [0.25, 0.3) is 0 Å². The molecule has 1 saturated heterocycles. The number of hydrogen-bond donors (Lipinski definition) is 0. The Morgan fingerprint density at radius 2 is 2.31 bits per heavy atom. The van der Waals surface area contributed by atoms with Crippen molar-refractivity contribution in [1.82, 2.24) is 0 Å². The van der Waals surface area contributed by atoms with Gasteiger partial charge in [-0.2, -0.15) is 0 Å². The van der Waals surface area contributed by atoms with Gasteiger partial charge in [-0.1, -0.05) is 0 Å². The lowest BCUT2D eigenvalue weighted by Crippen LogP contribution is -2.31. The highest BCUT2D eigenvalue weighted by atomic mass is 32.2. The first-order valence-electron chi connectivity index (χ1n) is 3.91. The van der Waals surface area contributed by atoms with Crippen LogP contribution in [-0.2, 0) is 19.1 Å². The topological polar surface area (TPSA) is 52.6 Å². The average Bonchev–Trinajstić information content (AvgIpc) is 2.47. The summed E-state index contributed by atoms with van der Waals surface area (Å²) in [5.41, 5.74) is 0. The molecule has 1 heterocycles. The lowest BCUT2D eigenvalue weighted by atomic mass is 10.0. The van der Waals surface area contributed by atoms with Crippen LogP contribution in [0, 0.1) is 5.92 Å². The normalized spacial score (nSPS) is 27.7. The first-order chi connectivity index (χ1) is 6.20. The van der Waals surface area contributed by atoms with Gasteiger partial charge in [-0.05, 0) is 0 Å². The van der Waals surface area contributed by atoms with E-state index < -0.39 is 11.9 Å². The number of esters is 1. The fourth-order valence-corrected chi connectivity index (χ4v) is 2.55. The molecular weight excluding hydrogens is 192 g/mol. The Morgan fingerprint density at radius 3 is 2.85 bits per heavy atom. The number of methoxy groups -OCH3 is 2. The average molecular weight is 204 g/mol. The van der Waals surface area contributed by atoms with Gasteiger partial charge in [0.1, 0.15) is 5.92 Å². The molecule has 0 aromatic rings. The number of carbonyl (C=O) groups excluding carboxylic acids is 2. The largest absolute Gasteiger partial charge is 0.468 e. The van der Waals surface area contributed by atoms with Crippen LogP contribution in [0.2, 0.25) is 0 Å². The highest BCUT2D eigenvalue weighted by Gasteiger charge is 2.41. The second-order valence-corrected chi connectivity index (χ2v) is 4.00. The van der Waals surface area contributed by atoms with E-state index in [0.717, 1.165) is 0 Å². The number of hydrogen-bond acceptors (Lipinski definition) is 5. The van der Waals surface area contributed by atoms with Gasteiger partial charge in [-0.15, -0.1) is 11.8 Å². The van der Waals surface area contributed by atoms with E-state index in [2.05, 4.69) is 4.74 Å². The van der Waals surface area contributed by atoms with E-state index in [1.165, 1.54) is 18.9 Å². The maximum Gasteiger partial charge on any atom is 0.317 e. The van der Waals surface area contributed by atoms with E-state index in [-0.39, 0.29) is 11.0 Å². The van der Waals surface area contributed by atoms with Crippen LogP contribution >= 0.6 is 11.8 Å². The van der Waals surface area contributed by atoms with Crippen molar-refractivity contribution < 1.29 is 19.1 Å². The Balaban J connectivity index is 2.65. The van der Waals surface area contributed by atoms with Crippen molar-refractivity contribution in [2.24, 2.45) is 5.92 Å². The molecule has 4 nitrogen and oxygen atoms in total. The smallest absolute Gasteiger partial charge is 0.317 e. The first-order valence-corrected chi connectivity index (χ1v) is 4.96. The van der Waals surface area contributed by atoms with Gasteiger partial charge in [0.15, 0.2) is 5.78 Å². The highest BCUT2D eigenvalue weighted by molar-refractivity contribution is 8.01. The number of rotatable bonds is 3. The van der Waals surface area contributed by atoms with Crippen LogP contribution in [-0.4, -0.2) is 43.6 Å². The summed E-state index contributed by atoms with van der Waals surface area (Å²) in [6.45, 7) is 0.413. The van der Waals surface area contributed by atoms with E-state index >= 15 is 0 Å². The van der Waals surface area contributed by atoms with Crippen molar-refractivity contribution >= 4 is 23.5 Å². The quantitative estimate of drug-likeness (QED) is 0.482. The second-order valence-electron chi connectivity index (χ2n) is 2.77. The van der Waals surface area contributed by atoms with Crippen LogP contribution in [0.15, 0.2) is 0 Å². The molecule has 0 spiro atoms. The zero-order chi connectivity index (χ0) is 9.84. The molecule has 0 aromatic carbocycles. The maximum absolute atomic E-state index is 11.3. The van der Waals surface area contributed by atoms with Gasteiger partial charge in [0, 0.05) is 12.4 Å². The van der Waals surface area contributed by atoms with Gasteiger partial charge < -0.3 is 9.47 Å². The molecule has 0 radical (unpaired) electrons. The monoisotopic (exact) mass is 204 g/mol. The number of carbonyl (C=O) groups is 2. The highest BCUT2D eigenvalue weighted by Crippen LogP contribution is 2.30. The molecule has 74 valence electrons. The first kappa shape index (κ1) is 10.5.